The van der Waals surface area contributed by atoms with Crippen LogP contribution in [0.15, 0.2) is 4.99 Å². The van der Waals surface area contributed by atoms with Crippen molar-refractivity contribution in [3.05, 3.63) is 17.0 Å². The van der Waals surface area contributed by atoms with Gasteiger partial charge in [0.05, 0.1) is 5.69 Å². The van der Waals surface area contributed by atoms with Crippen molar-refractivity contribution in [3.8, 4) is 0 Å². The number of aliphatic imine (C=N–C) groups is 1. The summed E-state index contributed by atoms with van der Waals surface area (Å²) in [4.78, 5) is 6.90. The highest BCUT2D eigenvalue weighted by molar-refractivity contribution is 5.79. The van der Waals surface area contributed by atoms with E-state index in [1.165, 1.54) is 43.7 Å². The van der Waals surface area contributed by atoms with Crippen molar-refractivity contribution in [1.82, 2.24) is 25.3 Å². The van der Waals surface area contributed by atoms with Crippen molar-refractivity contribution in [2.45, 2.75) is 46.6 Å². The van der Waals surface area contributed by atoms with Crippen LogP contribution in [0, 0.1) is 19.8 Å². The molecule has 0 aromatic carbocycles. The molecule has 0 aliphatic carbocycles. The van der Waals surface area contributed by atoms with E-state index in [0.29, 0.717) is 0 Å². The minimum absolute atomic E-state index is 0.759. The Kier molecular flexibility index (Phi) is 7.09. The van der Waals surface area contributed by atoms with Crippen molar-refractivity contribution in [3.63, 3.8) is 0 Å². The number of aromatic nitrogens is 2. The Morgan fingerprint density at radius 1 is 1.25 bits per heavy atom. The predicted octanol–water partition coefficient (Wildman–Crippen LogP) is 1.82. The van der Waals surface area contributed by atoms with Gasteiger partial charge in [-0.05, 0) is 58.7 Å². The number of nitrogens with one attached hydrogen (secondary N) is 2. The summed E-state index contributed by atoms with van der Waals surface area (Å²) in [5.74, 6) is 1.77. The van der Waals surface area contributed by atoms with Crippen LogP contribution >= 0.6 is 0 Å². The highest BCUT2D eigenvalue weighted by Gasteiger charge is 2.15. The Balaban J connectivity index is 1.67. The van der Waals surface area contributed by atoms with Gasteiger partial charge in [-0.25, -0.2) is 0 Å². The van der Waals surface area contributed by atoms with E-state index in [0.717, 1.165) is 37.1 Å². The average Bonchev–Trinajstić information content (AvgIpc) is 2.81. The summed E-state index contributed by atoms with van der Waals surface area (Å²) in [6.07, 6.45) is 3.85. The van der Waals surface area contributed by atoms with Crippen LogP contribution in [0.1, 0.15) is 43.1 Å². The second kappa shape index (κ2) is 9.06. The molecule has 2 N–H and O–H groups in total. The van der Waals surface area contributed by atoms with Crippen LogP contribution < -0.4 is 10.6 Å². The fraction of sp³-hybridized carbons (Fsp3) is 0.778. The Morgan fingerprint density at radius 2 is 1.96 bits per heavy atom. The number of hydrogen-bond donors (Lipinski definition) is 2. The number of piperidine rings is 1. The van der Waals surface area contributed by atoms with Crippen LogP contribution in [0.2, 0.25) is 0 Å². The Hall–Kier alpha value is -1.56. The van der Waals surface area contributed by atoms with E-state index < -0.39 is 0 Å². The van der Waals surface area contributed by atoms with Crippen molar-refractivity contribution in [2.75, 3.05) is 33.2 Å². The number of hydrogen-bond acceptors (Lipinski definition) is 3. The summed E-state index contributed by atoms with van der Waals surface area (Å²) >= 11 is 0. The first-order valence-electron chi connectivity index (χ1n) is 9.17. The van der Waals surface area contributed by atoms with Gasteiger partial charge in [0.2, 0.25) is 0 Å². The lowest BCUT2D eigenvalue weighted by Gasteiger charge is -2.30. The van der Waals surface area contributed by atoms with Gasteiger partial charge >= 0.3 is 0 Å². The molecule has 0 unspecified atom stereocenters. The first kappa shape index (κ1) is 18.8. The van der Waals surface area contributed by atoms with Gasteiger partial charge in [-0.2, -0.15) is 5.10 Å². The number of aryl methyl sites for hydroxylation is 2. The summed E-state index contributed by atoms with van der Waals surface area (Å²) in [6, 6.07) is 0. The smallest absolute Gasteiger partial charge is 0.191 e. The molecule has 1 saturated heterocycles. The van der Waals surface area contributed by atoms with Gasteiger partial charge in [0.1, 0.15) is 0 Å². The summed E-state index contributed by atoms with van der Waals surface area (Å²) in [5, 5.41) is 11.3. The van der Waals surface area contributed by atoms with Crippen molar-refractivity contribution < 1.29 is 0 Å². The highest BCUT2D eigenvalue weighted by atomic mass is 15.3. The molecule has 136 valence electrons. The number of nitrogens with zero attached hydrogens (tertiary/aromatic N) is 4. The SMILES string of the molecule is CN=C(NCCCN1CCC(C)CC1)NCc1c(C)nn(C)c1C. The van der Waals surface area contributed by atoms with Gasteiger partial charge < -0.3 is 15.5 Å². The third kappa shape index (κ3) is 5.23. The second-order valence-electron chi connectivity index (χ2n) is 7.00. The summed E-state index contributed by atoms with van der Waals surface area (Å²) in [6.45, 7) is 11.9. The molecule has 6 heteroatoms. The van der Waals surface area contributed by atoms with Gasteiger partial charge in [0.15, 0.2) is 5.96 Å². The van der Waals surface area contributed by atoms with Gasteiger partial charge in [0, 0.05) is 38.4 Å². The van der Waals surface area contributed by atoms with Crippen LogP contribution in [0.3, 0.4) is 0 Å². The van der Waals surface area contributed by atoms with Gasteiger partial charge in [-0.3, -0.25) is 9.67 Å². The topological polar surface area (TPSA) is 57.5 Å². The van der Waals surface area contributed by atoms with Crippen LogP contribution in [0.5, 0.6) is 0 Å². The average molecular weight is 335 g/mol. The fourth-order valence-electron chi connectivity index (χ4n) is 3.26. The first-order valence-corrected chi connectivity index (χ1v) is 9.17. The molecule has 6 nitrogen and oxygen atoms in total. The van der Waals surface area contributed by atoms with Gasteiger partial charge in [0.25, 0.3) is 0 Å². The molecule has 0 amide bonds. The minimum Gasteiger partial charge on any atom is -0.356 e. The third-order valence-corrected chi connectivity index (χ3v) is 5.13. The summed E-state index contributed by atoms with van der Waals surface area (Å²) in [5.41, 5.74) is 3.54. The molecule has 1 aromatic heterocycles. The Bertz CT molecular complexity index is 540. The second-order valence-corrected chi connectivity index (χ2v) is 7.00. The molecule has 1 aliphatic heterocycles. The quantitative estimate of drug-likeness (QED) is 0.473. The molecule has 1 fully saturated rings. The van der Waals surface area contributed by atoms with E-state index in [2.05, 4.69) is 46.4 Å². The maximum atomic E-state index is 4.46. The van der Waals surface area contributed by atoms with E-state index in [9.17, 15) is 0 Å². The zero-order chi connectivity index (χ0) is 17.5. The van der Waals surface area contributed by atoms with Gasteiger partial charge in [-0.1, -0.05) is 6.92 Å². The van der Waals surface area contributed by atoms with Crippen LogP contribution in [-0.4, -0.2) is 53.9 Å². The maximum Gasteiger partial charge on any atom is 0.191 e. The molecular weight excluding hydrogens is 300 g/mol. The van der Waals surface area contributed by atoms with Crippen molar-refractivity contribution >= 4 is 5.96 Å². The van der Waals surface area contributed by atoms with E-state index in [1.807, 2.05) is 18.8 Å². The van der Waals surface area contributed by atoms with E-state index >= 15 is 0 Å². The number of likely N-dealkylation sites (tertiary alicyclic amines) is 1. The molecule has 0 spiro atoms. The summed E-state index contributed by atoms with van der Waals surface area (Å²) < 4.78 is 1.93. The van der Waals surface area contributed by atoms with Crippen LogP contribution in [-0.2, 0) is 13.6 Å². The standard InChI is InChI=1S/C18H34N6/c1-14-7-11-24(12-8-14)10-6-9-20-18(19-4)21-13-17-15(2)22-23(5)16(17)3/h14H,6-13H2,1-5H3,(H2,19,20,21). The van der Waals surface area contributed by atoms with Crippen molar-refractivity contribution in [1.29, 1.82) is 0 Å². The first-order chi connectivity index (χ1) is 11.5. The molecule has 2 rings (SSSR count). The van der Waals surface area contributed by atoms with E-state index in [1.54, 1.807) is 0 Å². The monoisotopic (exact) mass is 334 g/mol. The number of rotatable bonds is 6. The fourth-order valence-corrected chi connectivity index (χ4v) is 3.26. The normalized spacial score (nSPS) is 17.3. The van der Waals surface area contributed by atoms with Crippen molar-refractivity contribution in [2.24, 2.45) is 18.0 Å². The lowest BCUT2D eigenvalue weighted by molar-refractivity contribution is 0.191. The molecule has 1 aliphatic rings. The zero-order valence-electron chi connectivity index (χ0n) is 16.0. The lowest BCUT2D eigenvalue weighted by Crippen LogP contribution is -2.39. The van der Waals surface area contributed by atoms with E-state index in [4.69, 9.17) is 0 Å². The molecule has 24 heavy (non-hydrogen) atoms. The molecule has 0 atom stereocenters. The highest BCUT2D eigenvalue weighted by Crippen LogP contribution is 2.15. The molecular formula is C18H34N6. The van der Waals surface area contributed by atoms with Gasteiger partial charge in [-0.15, -0.1) is 0 Å². The molecule has 2 heterocycles. The van der Waals surface area contributed by atoms with Crippen LogP contribution in [0.4, 0.5) is 0 Å². The van der Waals surface area contributed by atoms with E-state index in [-0.39, 0.29) is 0 Å². The largest absolute Gasteiger partial charge is 0.356 e. The number of guanidine groups is 1. The predicted molar refractivity (Wildman–Crippen MR) is 100 cm³/mol. The Labute approximate surface area is 146 Å². The third-order valence-electron chi connectivity index (χ3n) is 5.13. The Morgan fingerprint density at radius 3 is 2.54 bits per heavy atom. The minimum atomic E-state index is 0.759. The maximum absolute atomic E-state index is 4.46. The molecule has 0 saturated carbocycles. The lowest BCUT2D eigenvalue weighted by atomic mass is 9.99. The zero-order valence-corrected chi connectivity index (χ0v) is 16.0. The molecule has 1 aromatic rings. The molecule has 0 radical (unpaired) electrons. The summed E-state index contributed by atoms with van der Waals surface area (Å²) in [7, 11) is 3.81. The van der Waals surface area contributed by atoms with Crippen LogP contribution in [0.25, 0.3) is 0 Å². The molecule has 0 bridgehead atoms.